The minimum atomic E-state index is 0.00880. The Morgan fingerprint density at radius 3 is 2.88 bits per heavy atom. The first-order valence-electron chi connectivity index (χ1n) is 8.73. The summed E-state index contributed by atoms with van der Waals surface area (Å²) < 4.78 is 1.14. The Hall–Kier alpha value is -1.68. The van der Waals surface area contributed by atoms with Gasteiger partial charge in [-0.05, 0) is 42.1 Å². The predicted molar refractivity (Wildman–Crippen MR) is 97.2 cm³/mol. The second-order valence-electron chi connectivity index (χ2n) is 7.90. The number of fused-ring (bicyclic) bond motifs is 3. The summed E-state index contributed by atoms with van der Waals surface area (Å²) in [6.07, 6.45) is 3.80. The molecule has 1 heterocycles. The molecule has 1 aromatic carbocycles. The summed E-state index contributed by atoms with van der Waals surface area (Å²) in [5.74, 6) is 1.47. The summed E-state index contributed by atoms with van der Waals surface area (Å²) in [5, 5.41) is 6.27. The van der Waals surface area contributed by atoms with E-state index in [1.807, 2.05) is 29.6 Å². The van der Waals surface area contributed by atoms with Crippen LogP contribution in [0.2, 0.25) is 0 Å². The van der Waals surface area contributed by atoms with Crippen molar-refractivity contribution in [2.24, 2.45) is 23.2 Å². The van der Waals surface area contributed by atoms with Crippen LogP contribution in [-0.2, 0) is 4.79 Å². The molecule has 3 saturated carbocycles. The van der Waals surface area contributed by atoms with E-state index < -0.39 is 0 Å². The van der Waals surface area contributed by atoms with Crippen LogP contribution in [-0.4, -0.2) is 18.2 Å². The lowest BCUT2D eigenvalue weighted by molar-refractivity contribution is -0.123. The van der Waals surface area contributed by atoms with E-state index in [9.17, 15) is 9.59 Å². The van der Waals surface area contributed by atoms with Gasteiger partial charge in [0.15, 0.2) is 0 Å². The fourth-order valence-corrected chi connectivity index (χ4v) is 5.81. The van der Waals surface area contributed by atoms with Gasteiger partial charge < -0.3 is 10.1 Å². The van der Waals surface area contributed by atoms with Gasteiger partial charge in [-0.15, -0.1) is 11.3 Å². The molecular formula is C20H23NO2S. The van der Waals surface area contributed by atoms with Crippen molar-refractivity contribution in [1.82, 2.24) is 5.32 Å². The lowest BCUT2D eigenvalue weighted by Crippen LogP contribution is -2.63. The standard InChI is InChI=1S/C20H23NO2S/c1-20(2)13-9-12(7-8-22)18(16(20)10-13)21-19(23)15-11-24-17-6-4-3-5-14(15)17/h3-6,8,11-13,16,18H,7,9-10H2,1-2H3,(H,21,23). The third kappa shape index (κ3) is 2.31. The van der Waals surface area contributed by atoms with Crippen molar-refractivity contribution in [3.8, 4) is 0 Å². The smallest absolute Gasteiger partial charge is 0.252 e. The van der Waals surface area contributed by atoms with E-state index in [4.69, 9.17) is 0 Å². The monoisotopic (exact) mass is 341 g/mol. The van der Waals surface area contributed by atoms with Crippen LogP contribution in [0.25, 0.3) is 10.1 Å². The van der Waals surface area contributed by atoms with Crippen LogP contribution in [0.15, 0.2) is 29.6 Å². The number of nitrogens with one attached hydrogen (secondary N) is 1. The molecule has 1 aromatic heterocycles. The number of aldehydes is 1. The average Bonchev–Trinajstić information content (AvgIpc) is 3.00. The molecule has 4 unspecified atom stereocenters. The highest BCUT2D eigenvalue weighted by Gasteiger charge is 2.57. The van der Waals surface area contributed by atoms with Crippen molar-refractivity contribution in [3.05, 3.63) is 35.2 Å². The van der Waals surface area contributed by atoms with Gasteiger partial charge in [-0.25, -0.2) is 0 Å². The van der Waals surface area contributed by atoms with Crippen molar-refractivity contribution < 1.29 is 9.59 Å². The molecule has 3 fully saturated rings. The average molecular weight is 341 g/mol. The molecule has 0 saturated heterocycles. The van der Waals surface area contributed by atoms with Crippen molar-refractivity contribution in [3.63, 3.8) is 0 Å². The Kier molecular flexibility index (Phi) is 3.75. The molecule has 0 spiro atoms. The minimum Gasteiger partial charge on any atom is -0.349 e. The summed E-state index contributed by atoms with van der Waals surface area (Å²) in [4.78, 5) is 24.0. The second-order valence-corrected chi connectivity index (χ2v) is 8.81. The third-order valence-electron chi connectivity index (χ3n) is 6.50. The zero-order chi connectivity index (χ0) is 16.9. The number of hydrogen-bond acceptors (Lipinski definition) is 3. The Morgan fingerprint density at radius 2 is 2.12 bits per heavy atom. The first-order valence-corrected chi connectivity index (χ1v) is 9.61. The Balaban J connectivity index is 1.60. The fraction of sp³-hybridized carbons (Fsp3) is 0.500. The number of carbonyl (C=O) groups is 2. The van der Waals surface area contributed by atoms with Gasteiger partial charge in [0.1, 0.15) is 6.29 Å². The molecule has 4 atom stereocenters. The number of thiophene rings is 1. The molecule has 5 rings (SSSR count). The van der Waals surface area contributed by atoms with Gasteiger partial charge in [0, 0.05) is 27.9 Å². The summed E-state index contributed by atoms with van der Waals surface area (Å²) in [6.45, 7) is 4.62. The van der Waals surface area contributed by atoms with Crippen LogP contribution in [0.5, 0.6) is 0 Å². The topological polar surface area (TPSA) is 46.2 Å². The van der Waals surface area contributed by atoms with Gasteiger partial charge >= 0.3 is 0 Å². The molecule has 2 bridgehead atoms. The van der Waals surface area contributed by atoms with Gasteiger partial charge in [-0.2, -0.15) is 0 Å². The maximum atomic E-state index is 12.9. The van der Waals surface area contributed by atoms with Crippen LogP contribution < -0.4 is 5.32 Å². The molecule has 3 aliphatic carbocycles. The molecule has 1 N–H and O–H groups in total. The van der Waals surface area contributed by atoms with E-state index in [1.54, 1.807) is 11.3 Å². The van der Waals surface area contributed by atoms with Crippen LogP contribution in [0.3, 0.4) is 0 Å². The second kappa shape index (κ2) is 5.69. The lowest BCUT2D eigenvalue weighted by Gasteiger charge is -2.62. The van der Waals surface area contributed by atoms with E-state index in [-0.39, 0.29) is 23.3 Å². The normalized spacial score (nSPS) is 30.6. The Labute approximate surface area is 146 Å². The summed E-state index contributed by atoms with van der Waals surface area (Å²) in [7, 11) is 0. The van der Waals surface area contributed by atoms with Crippen LogP contribution >= 0.6 is 11.3 Å². The highest BCUT2D eigenvalue weighted by atomic mass is 32.1. The summed E-state index contributed by atoms with van der Waals surface area (Å²) >= 11 is 1.61. The molecule has 4 heteroatoms. The lowest BCUT2D eigenvalue weighted by atomic mass is 9.44. The number of benzene rings is 1. The first-order chi connectivity index (χ1) is 11.5. The number of carbonyl (C=O) groups excluding carboxylic acids is 2. The van der Waals surface area contributed by atoms with E-state index in [0.29, 0.717) is 18.3 Å². The minimum absolute atomic E-state index is 0.00880. The third-order valence-corrected chi connectivity index (χ3v) is 7.46. The molecule has 3 aliphatic rings. The number of rotatable bonds is 4. The predicted octanol–water partition coefficient (Wildman–Crippen LogP) is 4.27. The molecule has 0 aliphatic heterocycles. The molecule has 2 aromatic rings. The van der Waals surface area contributed by atoms with Gasteiger partial charge in [0.05, 0.1) is 5.56 Å². The van der Waals surface area contributed by atoms with Gasteiger partial charge in [0.25, 0.3) is 5.91 Å². The van der Waals surface area contributed by atoms with Crippen LogP contribution in [0, 0.1) is 23.2 Å². The molecule has 1 amide bonds. The van der Waals surface area contributed by atoms with Crippen molar-refractivity contribution >= 4 is 33.6 Å². The largest absolute Gasteiger partial charge is 0.349 e. The van der Waals surface area contributed by atoms with Crippen molar-refractivity contribution in [2.45, 2.75) is 39.2 Å². The summed E-state index contributed by atoms with van der Waals surface area (Å²) in [5.41, 5.74) is 1.04. The zero-order valence-electron chi connectivity index (χ0n) is 14.1. The van der Waals surface area contributed by atoms with E-state index >= 15 is 0 Å². The quantitative estimate of drug-likeness (QED) is 0.844. The van der Waals surface area contributed by atoms with Crippen LogP contribution in [0.4, 0.5) is 0 Å². The maximum Gasteiger partial charge on any atom is 0.252 e. The highest BCUT2D eigenvalue weighted by molar-refractivity contribution is 7.17. The van der Waals surface area contributed by atoms with Crippen molar-refractivity contribution in [1.29, 1.82) is 0 Å². The van der Waals surface area contributed by atoms with Crippen molar-refractivity contribution in [2.75, 3.05) is 0 Å². The van der Waals surface area contributed by atoms with Crippen LogP contribution in [0.1, 0.15) is 43.5 Å². The van der Waals surface area contributed by atoms with Gasteiger partial charge in [-0.1, -0.05) is 32.0 Å². The van der Waals surface area contributed by atoms with Gasteiger partial charge in [-0.3, -0.25) is 4.79 Å². The molecule has 0 radical (unpaired) electrons. The Morgan fingerprint density at radius 1 is 1.33 bits per heavy atom. The van der Waals surface area contributed by atoms with Gasteiger partial charge in [0.2, 0.25) is 0 Å². The SMILES string of the molecule is CC1(C)C2CC(CC=O)C(NC(=O)c3csc4ccccc34)C1C2. The van der Waals surface area contributed by atoms with E-state index in [0.717, 1.165) is 28.4 Å². The van der Waals surface area contributed by atoms with E-state index in [1.165, 1.54) is 6.42 Å². The first kappa shape index (κ1) is 15.8. The maximum absolute atomic E-state index is 12.9. The molecule has 24 heavy (non-hydrogen) atoms. The highest BCUT2D eigenvalue weighted by Crippen LogP contribution is 2.61. The number of hydrogen-bond donors (Lipinski definition) is 1. The Bertz CT molecular complexity index is 794. The fourth-order valence-electron chi connectivity index (χ4n) is 4.87. The summed E-state index contributed by atoms with van der Waals surface area (Å²) in [6, 6.07) is 8.14. The molecule has 3 nitrogen and oxygen atoms in total. The molecular weight excluding hydrogens is 318 g/mol. The number of amides is 1. The van der Waals surface area contributed by atoms with E-state index in [2.05, 4.69) is 19.2 Å². The molecule has 126 valence electrons. The zero-order valence-corrected chi connectivity index (χ0v) is 14.9.